The van der Waals surface area contributed by atoms with Gasteiger partial charge in [-0.05, 0) is 25.7 Å². The fraction of sp³-hybridized carbons (Fsp3) is 0.875. The standard InChI is InChI=1S/C8H12N2O3/c11-7(12)6-1-4-10(9-13)8(5-6)2-3-8/h6H,1-5H2,(H,11,12). The smallest absolute Gasteiger partial charge is 0.306 e. The second-order valence-electron chi connectivity index (χ2n) is 3.96. The Morgan fingerprint density at radius 1 is 1.54 bits per heavy atom. The molecule has 2 rings (SSSR count). The first kappa shape index (κ1) is 8.47. The largest absolute Gasteiger partial charge is 0.481 e. The lowest BCUT2D eigenvalue weighted by atomic mass is 9.90. The summed E-state index contributed by atoms with van der Waals surface area (Å²) < 4.78 is 0. The van der Waals surface area contributed by atoms with E-state index in [4.69, 9.17) is 5.11 Å². The van der Waals surface area contributed by atoms with Gasteiger partial charge in [-0.1, -0.05) is 0 Å². The molecule has 1 unspecified atom stereocenters. The van der Waals surface area contributed by atoms with Crippen molar-refractivity contribution in [1.82, 2.24) is 5.01 Å². The third-order valence-electron chi connectivity index (χ3n) is 3.14. The zero-order valence-electron chi connectivity index (χ0n) is 7.27. The number of carbonyl (C=O) groups is 1. The molecule has 13 heavy (non-hydrogen) atoms. The first-order chi connectivity index (χ1) is 6.18. The Morgan fingerprint density at radius 3 is 2.69 bits per heavy atom. The minimum Gasteiger partial charge on any atom is -0.481 e. The van der Waals surface area contributed by atoms with Crippen LogP contribution in [0.5, 0.6) is 0 Å². The summed E-state index contributed by atoms with van der Waals surface area (Å²) in [5.41, 5.74) is -0.178. The molecule has 0 aromatic rings. The molecule has 72 valence electrons. The van der Waals surface area contributed by atoms with Crippen molar-refractivity contribution >= 4 is 5.97 Å². The molecule has 5 nitrogen and oxygen atoms in total. The lowest BCUT2D eigenvalue weighted by Crippen LogP contribution is -2.42. The van der Waals surface area contributed by atoms with E-state index in [1.54, 1.807) is 0 Å². The molecular weight excluding hydrogens is 172 g/mol. The van der Waals surface area contributed by atoms with E-state index in [9.17, 15) is 9.70 Å². The van der Waals surface area contributed by atoms with Crippen molar-refractivity contribution in [3.05, 3.63) is 4.91 Å². The second-order valence-corrected chi connectivity index (χ2v) is 3.96. The summed E-state index contributed by atoms with van der Waals surface area (Å²) in [6.07, 6.45) is 2.97. The van der Waals surface area contributed by atoms with E-state index >= 15 is 0 Å². The monoisotopic (exact) mass is 184 g/mol. The third-order valence-corrected chi connectivity index (χ3v) is 3.14. The third kappa shape index (κ3) is 1.28. The summed E-state index contributed by atoms with van der Waals surface area (Å²) in [6.45, 7) is 0.500. The predicted molar refractivity (Wildman–Crippen MR) is 44.8 cm³/mol. The van der Waals surface area contributed by atoms with Crippen LogP contribution < -0.4 is 0 Å². The van der Waals surface area contributed by atoms with Gasteiger partial charge in [0.15, 0.2) is 0 Å². The molecule has 0 amide bonds. The zero-order chi connectivity index (χ0) is 9.47. The van der Waals surface area contributed by atoms with Gasteiger partial charge in [0.25, 0.3) is 0 Å². The molecule has 1 aliphatic carbocycles. The average molecular weight is 184 g/mol. The highest BCUT2D eigenvalue weighted by atomic mass is 16.4. The number of carboxylic acid groups (broad SMARTS) is 1. The number of carboxylic acids is 1. The maximum absolute atomic E-state index is 10.7. The fourth-order valence-electron chi connectivity index (χ4n) is 2.13. The first-order valence-electron chi connectivity index (χ1n) is 4.52. The zero-order valence-corrected chi connectivity index (χ0v) is 7.27. The maximum Gasteiger partial charge on any atom is 0.306 e. The van der Waals surface area contributed by atoms with Gasteiger partial charge < -0.3 is 5.11 Å². The van der Waals surface area contributed by atoms with Crippen molar-refractivity contribution < 1.29 is 9.90 Å². The van der Waals surface area contributed by atoms with Crippen LogP contribution >= 0.6 is 0 Å². The molecule has 0 bridgehead atoms. The average Bonchev–Trinajstić information content (AvgIpc) is 2.85. The van der Waals surface area contributed by atoms with Crippen LogP contribution in [0.2, 0.25) is 0 Å². The van der Waals surface area contributed by atoms with E-state index in [1.165, 1.54) is 5.01 Å². The molecule has 1 spiro atoms. The Kier molecular flexibility index (Phi) is 1.75. The number of piperidine rings is 1. The highest BCUT2D eigenvalue weighted by Crippen LogP contribution is 2.50. The summed E-state index contributed by atoms with van der Waals surface area (Å²) in [7, 11) is 0. The molecule has 1 N–H and O–H groups in total. The molecule has 2 aliphatic rings. The highest BCUT2D eigenvalue weighted by molar-refractivity contribution is 5.70. The normalized spacial score (nSPS) is 30.2. The van der Waals surface area contributed by atoms with Gasteiger partial charge in [0.1, 0.15) is 0 Å². The van der Waals surface area contributed by atoms with Crippen molar-refractivity contribution in [3.63, 3.8) is 0 Å². The molecule has 1 aliphatic heterocycles. The van der Waals surface area contributed by atoms with Crippen LogP contribution in [0.25, 0.3) is 0 Å². The molecular formula is C8H12N2O3. The molecule has 0 aromatic heterocycles. The number of hydrogen-bond acceptors (Lipinski definition) is 3. The van der Waals surface area contributed by atoms with Gasteiger partial charge in [-0.2, -0.15) is 0 Å². The Labute approximate surface area is 75.7 Å². The van der Waals surface area contributed by atoms with Crippen molar-refractivity contribution in [2.24, 2.45) is 11.2 Å². The van der Waals surface area contributed by atoms with E-state index in [-0.39, 0.29) is 11.5 Å². The van der Waals surface area contributed by atoms with Gasteiger partial charge >= 0.3 is 5.97 Å². The first-order valence-corrected chi connectivity index (χ1v) is 4.52. The van der Waals surface area contributed by atoms with E-state index in [2.05, 4.69) is 5.29 Å². The molecule has 5 heteroatoms. The SMILES string of the molecule is O=NN1CCC(C(=O)O)CC12CC2. The Morgan fingerprint density at radius 2 is 2.23 bits per heavy atom. The van der Waals surface area contributed by atoms with Gasteiger partial charge in [-0.25, -0.2) is 0 Å². The van der Waals surface area contributed by atoms with Crippen LogP contribution in [0.1, 0.15) is 25.7 Å². The lowest BCUT2D eigenvalue weighted by molar-refractivity contribution is -0.144. The van der Waals surface area contributed by atoms with Crippen molar-refractivity contribution in [2.75, 3.05) is 6.54 Å². The topological polar surface area (TPSA) is 70.0 Å². The molecule has 1 atom stereocenters. The summed E-state index contributed by atoms with van der Waals surface area (Å²) in [6, 6.07) is 0. The molecule has 1 saturated carbocycles. The maximum atomic E-state index is 10.7. The Bertz CT molecular complexity index is 250. The molecule has 0 aromatic carbocycles. The van der Waals surface area contributed by atoms with Crippen LogP contribution in [-0.4, -0.2) is 28.2 Å². The highest BCUT2D eigenvalue weighted by Gasteiger charge is 2.53. The van der Waals surface area contributed by atoms with Gasteiger partial charge in [-0.15, -0.1) is 4.91 Å². The summed E-state index contributed by atoms with van der Waals surface area (Å²) in [5, 5.41) is 13.3. The molecule has 1 heterocycles. The van der Waals surface area contributed by atoms with Gasteiger partial charge in [0, 0.05) is 6.54 Å². The summed E-state index contributed by atoms with van der Waals surface area (Å²) in [5.74, 6) is -1.02. The summed E-state index contributed by atoms with van der Waals surface area (Å²) >= 11 is 0. The van der Waals surface area contributed by atoms with Crippen LogP contribution in [0.4, 0.5) is 0 Å². The molecule has 0 radical (unpaired) electrons. The second kappa shape index (κ2) is 2.68. The minimum atomic E-state index is -0.739. The van der Waals surface area contributed by atoms with E-state index in [0.717, 1.165) is 12.8 Å². The Hall–Kier alpha value is -1.13. The van der Waals surface area contributed by atoms with Gasteiger partial charge in [0.05, 0.1) is 16.7 Å². The minimum absolute atomic E-state index is 0.178. The van der Waals surface area contributed by atoms with Crippen molar-refractivity contribution in [3.8, 4) is 0 Å². The lowest BCUT2D eigenvalue weighted by Gasteiger charge is -2.34. The van der Waals surface area contributed by atoms with Gasteiger partial charge in [0.2, 0.25) is 0 Å². The number of rotatable bonds is 2. The van der Waals surface area contributed by atoms with Crippen LogP contribution in [0.15, 0.2) is 5.29 Å². The fourth-order valence-corrected chi connectivity index (χ4v) is 2.13. The molecule has 2 fully saturated rings. The summed E-state index contributed by atoms with van der Waals surface area (Å²) in [4.78, 5) is 21.2. The number of nitroso groups, excluding NO2 is 1. The van der Waals surface area contributed by atoms with Crippen LogP contribution in [-0.2, 0) is 4.79 Å². The van der Waals surface area contributed by atoms with E-state index in [1.807, 2.05) is 0 Å². The van der Waals surface area contributed by atoms with E-state index < -0.39 is 5.97 Å². The van der Waals surface area contributed by atoms with Crippen LogP contribution in [0.3, 0.4) is 0 Å². The number of nitrogens with zero attached hydrogens (tertiary/aromatic N) is 2. The van der Waals surface area contributed by atoms with Gasteiger partial charge in [-0.3, -0.25) is 9.80 Å². The molecule has 1 saturated heterocycles. The Balaban J connectivity index is 2.06. The van der Waals surface area contributed by atoms with E-state index in [0.29, 0.717) is 19.4 Å². The number of aliphatic carboxylic acids is 1. The van der Waals surface area contributed by atoms with Crippen LogP contribution in [0, 0.1) is 10.8 Å². The quantitative estimate of drug-likeness (QED) is 0.650. The van der Waals surface area contributed by atoms with Crippen molar-refractivity contribution in [1.29, 1.82) is 0 Å². The predicted octanol–water partition coefficient (Wildman–Crippen LogP) is 0.997. The van der Waals surface area contributed by atoms with Crippen molar-refractivity contribution in [2.45, 2.75) is 31.2 Å². The number of hydrogen-bond donors (Lipinski definition) is 1.